The fourth-order valence-corrected chi connectivity index (χ4v) is 3.49. The maximum atomic E-state index is 12.1. The van der Waals surface area contributed by atoms with Crippen LogP contribution in [0.1, 0.15) is 58.8 Å². The summed E-state index contributed by atoms with van der Waals surface area (Å²) in [6.45, 7) is 6.40. The Labute approximate surface area is 135 Å². The van der Waals surface area contributed by atoms with Gasteiger partial charge in [-0.05, 0) is 31.6 Å². The van der Waals surface area contributed by atoms with E-state index in [9.17, 15) is 4.79 Å². The molecule has 0 spiro atoms. The van der Waals surface area contributed by atoms with Crippen LogP contribution in [-0.4, -0.2) is 42.0 Å². The summed E-state index contributed by atoms with van der Waals surface area (Å²) in [5, 5.41) is 3.15. The number of piperidine rings is 1. The second-order valence-corrected chi connectivity index (χ2v) is 6.67. The number of halogens is 1. The fraction of sp³-hybridized carbons (Fsp3) is 0.938. The molecule has 2 aliphatic rings. The van der Waals surface area contributed by atoms with Gasteiger partial charge in [0.2, 0.25) is 5.91 Å². The molecule has 5 heteroatoms. The number of nitrogens with one attached hydrogen (secondary N) is 1. The quantitative estimate of drug-likeness (QED) is 0.818. The van der Waals surface area contributed by atoms with Crippen LogP contribution in [0.2, 0.25) is 0 Å². The Morgan fingerprint density at radius 1 is 1.24 bits per heavy atom. The van der Waals surface area contributed by atoms with Crippen molar-refractivity contribution in [2.24, 2.45) is 11.7 Å². The van der Waals surface area contributed by atoms with Crippen molar-refractivity contribution in [3.05, 3.63) is 0 Å². The van der Waals surface area contributed by atoms with Gasteiger partial charge in [0.1, 0.15) is 0 Å². The van der Waals surface area contributed by atoms with E-state index in [4.69, 9.17) is 5.73 Å². The van der Waals surface area contributed by atoms with Gasteiger partial charge in [-0.3, -0.25) is 4.79 Å². The van der Waals surface area contributed by atoms with E-state index >= 15 is 0 Å². The molecule has 2 unspecified atom stereocenters. The summed E-state index contributed by atoms with van der Waals surface area (Å²) in [4.78, 5) is 14.7. The van der Waals surface area contributed by atoms with Gasteiger partial charge in [0, 0.05) is 25.2 Å². The van der Waals surface area contributed by atoms with Crippen LogP contribution in [0.5, 0.6) is 0 Å². The minimum Gasteiger partial charge on any atom is -0.352 e. The molecule has 4 nitrogen and oxygen atoms in total. The molecule has 2 fully saturated rings. The summed E-state index contributed by atoms with van der Waals surface area (Å²) in [6, 6.07) is 0.789. The number of amides is 1. The van der Waals surface area contributed by atoms with E-state index in [1.807, 2.05) is 6.92 Å². The molecule has 3 N–H and O–H groups in total. The van der Waals surface area contributed by atoms with Crippen molar-refractivity contribution < 1.29 is 4.79 Å². The molecule has 2 atom stereocenters. The van der Waals surface area contributed by atoms with Gasteiger partial charge in [0.05, 0.1) is 6.04 Å². The number of likely N-dealkylation sites (tertiary alicyclic amines) is 1. The van der Waals surface area contributed by atoms with Crippen LogP contribution in [0, 0.1) is 5.92 Å². The number of nitrogens with zero attached hydrogens (tertiary/aromatic N) is 1. The molecule has 124 valence electrons. The van der Waals surface area contributed by atoms with Crippen LogP contribution >= 0.6 is 12.4 Å². The van der Waals surface area contributed by atoms with Crippen molar-refractivity contribution in [1.82, 2.24) is 10.2 Å². The van der Waals surface area contributed by atoms with E-state index in [0.29, 0.717) is 6.04 Å². The molecule has 0 aromatic heterocycles. The topological polar surface area (TPSA) is 58.4 Å². The lowest BCUT2D eigenvalue weighted by molar-refractivity contribution is -0.124. The van der Waals surface area contributed by atoms with E-state index in [1.165, 1.54) is 25.7 Å². The first kappa shape index (κ1) is 18.7. The molecule has 1 aliphatic heterocycles. The normalized spacial score (nSPS) is 24.3. The minimum absolute atomic E-state index is 0. The molecule has 0 aromatic carbocycles. The number of carbonyl (C=O) groups is 1. The first-order chi connectivity index (χ1) is 9.61. The highest BCUT2D eigenvalue weighted by Crippen LogP contribution is 2.26. The Morgan fingerprint density at radius 2 is 1.81 bits per heavy atom. The molecule has 1 aliphatic carbocycles. The van der Waals surface area contributed by atoms with Gasteiger partial charge in [-0.15, -0.1) is 12.4 Å². The highest BCUT2D eigenvalue weighted by Gasteiger charge is 2.29. The van der Waals surface area contributed by atoms with Gasteiger partial charge in [-0.25, -0.2) is 0 Å². The average molecular weight is 318 g/mol. The van der Waals surface area contributed by atoms with Crippen molar-refractivity contribution in [3.8, 4) is 0 Å². The van der Waals surface area contributed by atoms with Gasteiger partial charge in [0.25, 0.3) is 0 Å². The summed E-state index contributed by atoms with van der Waals surface area (Å²) >= 11 is 0. The molecule has 2 rings (SSSR count). The number of hydrogen-bond acceptors (Lipinski definition) is 3. The van der Waals surface area contributed by atoms with Gasteiger partial charge in [-0.1, -0.05) is 33.1 Å². The second kappa shape index (κ2) is 8.96. The van der Waals surface area contributed by atoms with Gasteiger partial charge in [0.15, 0.2) is 0 Å². The Bertz CT molecular complexity index is 313. The van der Waals surface area contributed by atoms with Crippen LogP contribution in [0.3, 0.4) is 0 Å². The van der Waals surface area contributed by atoms with Crippen LogP contribution in [0.4, 0.5) is 0 Å². The largest absolute Gasteiger partial charge is 0.352 e. The van der Waals surface area contributed by atoms with E-state index < -0.39 is 0 Å². The number of carbonyl (C=O) groups excluding carboxylic acids is 1. The zero-order valence-corrected chi connectivity index (χ0v) is 14.3. The van der Waals surface area contributed by atoms with Crippen molar-refractivity contribution in [1.29, 1.82) is 0 Å². The van der Waals surface area contributed by atoms with Crippen molar-refractivity contribution >= 4 is 18.3 Å². The van der Waals surface area contributed by atoms with Crippen LogP contribution in [0.15, 0.2) is 0 Å². The number of nitrogens with two attached hydrogens (primary N) is 1. The third kappa shape index (κ3) is 5.11. The molecule has 1 saturated heterocycles. The third-order valence-electron chi connectivity index (χ3n) is 5.28. The summed E-state index contributed by atoms with van der Waals surface area (Å²) in [5.41, 5.74) is 5.99. The maximum absolute atomic E-state index is 12.1. The molecule has 1 amide bonds. The zero-order chi connectivity index (χ0) is 14.5. The van der Waals surface area contributed by atoms with E-state index in [-0.39, 0.29) is 30.3 Å². The van der Waals surface area contributed by atoms with Crippen molar-refractivity contribution in [2.75, 3.05) is 13.1 Å². The molecule has 0 aromatic rings. The standard InChI is InChI=1S/C16H31N3O.ClH/c1-3-12(2)15(17)16(20)18-13-8-10-19(11-9-13)14-6-4-5-7-14;/h12-15H,3-11,17H2,1-2H3,(H,18,20);1H. The first-order valence-electron chi connectivity index (χ1n) is 8.41. The Kier molecular flexibility index (Phi) is 7.99. The number of rotatable bonds is 5. The van der Waals surface area contributed by atoms with Crippen LogP contribution in [0.25, 0.3) is 0 Å². The SMILES string of the molecule is CCC(C)C(N)C(=O)NC1CCN(C2CCCC2)CC1.Cl. The lowest BCUT2D eigenvalue weighted by atomic mass is 9.97. The predicted molar refractivity (Wildman–Crippen MR) is 89.7 cm³/mol. The molecule has 0 radical (unpaired) electrons. The molecule has 0 bridgehead atoms. The third-order valence-corrected chi connectivity index (χ3v) is 5.28. The average Bonchev–Trinajstić information content (AvgIpc) is 3.00. The maximum Gasteiger partial charge on any atom is 0.237 e. The highest BCUT2D eigenvalue weighted by atomic mass is 35.5. The summed E-state index contributed by atoms with van der Waals surface area (Å²) in [7, 11) is 0. The Morgan fingerprint density at radius 3 is 2.33 bits per heavy atom. The zero-order valence-electron chi connectivity index (χ0n) is 13.5. The van der Waals surface area contributed by atoms with Crippen LogP contribution < -0.4 is 11.1 Å². The summed E-state index contributed by atoms with van der Waals surface area (Å²) < 4.78 is 0. The van der Waals surface area contributed by atoms with Gasteiger partial charge in [-0.2, -0.15) is 0 Å². The van der Waals surface area contributed by atoms with Crippen molar-refractivity contribution in [2.45, 2.75) is 76.9 Å². The Balaban J connectivity index is 0.00000220. The molecular formula is C16H32ClN3O. The minimum atomic E-state index is -0.354. The second-order valence-electron chi connectivity index (χ2n) is 6.67. The smallest absolute Gasteiger partial charge is 0.237 e. The van der Waals surface area contributed by atoms with E-state index in [1.54, 1.807) is 0 Å². The predicted octanol–water partition coefficient (Wildman–Crippen LogP) is 2.30. The Hall–Kier alpha value is -0.320. The van der Waals surface area contributed by atoms with E-state index in [2.05, 4.69) is 17.1 Å². The molecule has 1 saturated carbocycles. The van der Waals surface area contributed by atoms with Gasteiger partial charge < -0.3 is 16.0 Å². The van der Waals surface area contributed by atoms with E-state index in [0.717, 1.165) is 38.4 Å². The molecule has 21 heavy (non-hydrogen) atoms. The monoisotopic (exact) mass is 317 g/mol. The van der Waals surface area contributed by atoms with Crippen molar-refractivity contribution in [3.63, 3.8) is 0 Å². The molecular weight excluding hydrogens is 286 g/mol. The fourth-order valence-electron chi connectivity index (χ4n) is 3.49. The van der Waals surface area contributed by atoms with Gasteiger partial charge >= 0.3 is 0 Å². The summed E-state index contributed by atoms with van der Waals surface area (Å²) in [5.74, 6) is 0.298. The lowest BCUT2D eigenvalue weighted by Crippen LogP contribution is -2.52. The highest BCUT2D eigenvalue weighted by molar-refractivity contribution is 5.85. The number of hydrogen-bond donors (Lipinski definition) is 2. The first-order valence-corrected chi connectivity index (χ1v) is 8.41. The lowest BCUT2D eigenvalue weighted by Gasteiger charge is -2.36. The van der Waals surface area contributed by atoms with Crippen LogP contribution in [-0.2, 0) is 4.79 Å². The summed E-state index contributed by atoms with van der Waals surface area (Å²) in [6.07, 6.45) is 8.64. The molecule has 1 heterocycles.